The van der Waals surface area contributed by atoms with Crippen LogP contribution in [0.1, 0.15) is 34.8 Å². The van der Waals surface area contributed by atoms with Gasteiger partial charge in [0.15, 0.2) is 5.78 Å². The minimum Gasteiger partial charge on any atom is -0.345 e. The van der Waals surface area contributed by atoms with Gasteiger partial charge in [-0.15, -0.1) is 0 Å². The summed E-state index contributed by atoms with van der Waals surface area (Å²) in [7, 11) is 0. The third-order valence-electron chi connectivity index (χ3n) is 4.51. The van der Waals surface area contributed by atoms with Crippen LogP contribution in [0.15, 0.2) is 67.1 Å². The number of hydrogen-bond donors (Lipinski definition) is 2. The van der Waals surface area contributed by atoms with E-state index in [0.717, 1.165) is 18.5 Å². The average Bonchev–Trinajstić information content (AvgIpc) is 3.15. The Morgan fingerprint density at radius 3 is 2.56 bits per heavy atom. The molecule has 5 nitrogen and oxygen atoms in total. The Balaban J connectivity index is 1.71. The Labute approximate surface area is 157 Å². The van der Waals surface area contributed by atoms with E-state index >= 15 is 0 Å². The number of carbonyl (C=O) groups is 1. The van der Waals surface area contributed by atoms with Crippen molar-refractivity contribution in [1.29, 1.82) is 0 Å². The zero-order valence-corrected chi connectivity index (χ0v) is 15.1. The number of aromatic amines is 1. The number of H-pyrrole nitrogens is 1. The molecular formula is C22H20N4O. The molecule has 27 heavy (non-hydrogen) atoms. The summed E-state index contributed by atoms with van der Waals surface area (Å²) in [6, 6.07) is 17.5. The zero-order chi connectivity index (χ0) is 18.6. The molecular weight excluding hydrogens is 336 g/mol. The topological polar surface area (TPSA) is 70.7 Å². The molecule has 0 saturated heterocycles. The highest BCUT2D eigenvalue weighted by Gasteiger charge is 2.18. The molecule has 2 heterocycles. The van der Waals surface area contributed by atoms with Gasteiger partial charge in [-0.1, -0.05) is 55.8 Å². The third-order valence-corrected chi connectivity index (χ3v) is 4.51. The highest BCUT2D eigenvalue weighted by Crippen LogP contribution is 2.28. The molecule has 0 aliphatic carbocycles. The molecule has 4 aromatic rings. The van der Waals surface area contributed by atoms with E-state index < -0.39 is 0 Å². The Morgan fingerprint density at radius 1 is 1.04 bits per heavy atom. The van der Waals surface area contributed by atoms with E-state index in [1.165, 1.54) is 11.9 Å². The monoisotopic (exact) mass is 356 g/mol. The number of benzene rings is 2. The van der Waals surface area contributed by atoms with Gasteiger partial charge in [0.1, 0.15) is 17.8 Å². The summed E-state index contributed by atoms with van der Waals surface area (Å²) in [6.45, 7) is 2.17. The fourth-order valence-electron chi connectivity index (χ4n) is 3.16. The molecule has 0 aliphatic heterocycles. The van der Waals surface area contributed by atoms with E-state index in [9.17, 15) is 4.79 Å². The Morgan fingerprint density at radius 2 is 1.81 bits per heavy atom. The van der Waals surface area contributed by atoms with Crippen LogP contribution in [0.2, 0.25) is 0 Å². The van der Waals surface area contributed by atoms with E-state index in [2.05, 4.69) is 39.3 Å². The molecule has 0 unspecified atom stereocenters. The summed E-state index contributed by atoms with van der Waals surface area (Å²) in [4.78, 5) is 24.7. The van der Waals surface area contributed by atoms with Crippen molar-refractivity contribution in [3.8, 4) is 0 Å². The molecule has 0 saturated carbocycles. The molecule has 0 atom stereocenters. The second-order valence-electron chi connectivity index (χ2n) is 6.42. The van der Waals surface area contributed by atoms with E-state index in [0.29, 0.717) is 28.0 Å². The number of carbonyl (C=O) groups excluding carboxylic acids is 1. The normalized spacial score (nSPS) is 10.9. The highest BCUT2D eigenvalue weighted by molar-refractivity contribution is 6.18. The second-order valence-corrected chi connectivity index (χ2v) is 6.42. The SMILES string of the molecule is CCCc1ccc(Nc2ncnc3[nH]cc(C(=O)c4ccccc4)c23)cc1. The maximum atomic E-state index is 12.9. The van der Waals surface area contributed by atoms with Gasteiger partial charge in [-0.05, 0) is 24.1 Å². The number of fused-ring (bicyclic) bond motifs is 1. The van der Waals surface area contributed by atoms with Crippen molar-refractivity contribution in [3.63, 3.8) is 0 Å². The number of aromatic nitrogens is 3. The summed E-state index contributed by atoms with van der Waals surface area (Å²) in [5.74, 6) is 0.557. The Hall–Kier alpha value is -3.47. The van der Waals surface area contributed by atoms with E-state index in [1.807, 2.05) is 42.5 Å². The summed E-state index contributed by atoms with van der Waals surface area (Å²) < 4.78 is 0. The molecule has 0 fully saturated rings. The largest absolute Gasteiger partial charge is 0.345 e. The minimum absolute atomic E-state index is 0.0574. The van der Waals surface area contributed by atoms with Crippen molar-refractivity contribution in [1.82, 2.24) is 15.0 Å². The maximum Gasteiger partial charge on any atom is 0.195 e. The number of aryl methyl sites for hydroxylation is 1. The van der Waals surface area contributed by atoms with Gasteiger partial charge >= 0.3 is 0 Å². The van der Waals surface area contributed by atoms with Crippen molar-refractivity contribution >= 4 is 28.3 Å². The number of rotatable bonds is 6. The van der Waals surface area contributed by atoms with Gasteiger partial charge in [0.2, 0.25) is 0 Å². The highest BCUT2D eigenvalue weighted by atomic mass is 16.1. The number of anilines is 2. The maximum absolute atomic E-state index is 12.9. The van der Waals surface area contributed by atoms with Crippen LogP contribution in [0.25, 0.3) is 11.0 Å². The van der Waals surface area contributed by atoms with Crippen molar-refractivity contribution in [3.05, 3.63) is 83.8 Å². The zero-order valence-electron chi connectivity index (χ0n) is 15.1. The smallest absolute Gasteiger partial charge is 0.195 e. The lowest BCUT2D eigenvalue weighted by Gasteiger charge is -2.09. The van der Waals surface area contributed by atoms with Crippen LogP contribution in [0.4, 0.5) is 11.5 Å². The van der Waals surface area contributed by atoms with Crippen LogP contribution in [0.5, 0.6) is 0 Å². The molecule has 0 amide bonds. The predicted octanol–water partition coefficient (Wildman–Crippen LogP) is 4.89. The average molecular weight is 356 g/mol. The van der Waals surface area contributed by atoms with Crippen LogP contribution in [0, 0.1) is 0 Å². The van der Waals surface area contributed by atoms with Gasteiger partial charge in [0.05, 0.1) is 10.9 Å². The number of ketones is 1. The summed E-state index contributed by atoms with van der Waals surface area (Å²) in [6.07, 6.45) is 5.37. The van der Waals surface area contributed by atoms with Gasteiger partial charge in [-0.25, -0.2) is 9.97 Å². The molecule has 2 aromatic carbocycles. The van der Waals surface area contributed by atoms with E-state index in [-0.39, 0.29) is 5.78 Å². The van der Waals surface area contributed by atoms with Gasteiger partial charge in [0.25, 0.3) is 0 Å². The lowest BCUT2D eigenvalue weighted by molar-refractivity contribution is 0.104. The first kappa shape index (κ1) is 17.0. The third kappa shape index (κ3) is 3.44. The van der Waals surface area contributed by atoms with Crippen molar-refractivity contribution in [2.75, 3.05) is 5.32 Å². The van der Waals surface area contributed by atoms with Crippen molar-refractivity contribution in [2.24, 2.45) is 0 Å². The first-order valence-corrected chi connectivity index (χ1v) is 9.04. The fourth-order valence-corrected chi connectivity index (χ4v) is 3.16. The van der Waals surface area contributed by atoms with E-state index in [4.69, 9.17) is 0 Å². The fraction of sp³-hybridized carbons (Fsp3) is 0.136. The van der Waals surface area contributed by atoms with Crippen LogP contribution in [-0.2, 0) is 6.42 Å². The number of nitrogens with one attached hydrogen (secondary N) is 2. The van der Waals surface area contributed by atoms with Gasteiger partial charge < -0.3 is 10.3 Å². The van der Waals surface area contributed by atoms with Gasteiger partial charge in [0, 0.05) is 17.4 Å². The van der Waals surface area contributed by atoms with Crippen LogP contribution in [-0.4, -0.2) is 20.7 Å². The van der Waals surface area contributed by atoms with Crippen LogP contribution >= 0.6 is 0 Å². The molecule has 2 aromatic heterocycles. The number of hydrogen-bond acceptors (Lipinski definition) is 4. The molecule has 134 valence electrons. The first-order valence-electron chi connectivity index (χ1n) is 9.04. The summed E-state index contributed by atoms with van der Waals surface area (Å²) in [5.41, 5.74) is 4.06. The standard InChI is InChI=1S/C22H20N4O/c1-2-6-15-9-11-17(12-10-15)26-22-19-18(13-23-21(19)24-14-25-22)20(27)16-7-4-3-5-8-16/h3-5,7-14H,2,6H2,1H3,(H2,23,24,25,26). The lowest BCUT2D eigenvalue weighted by atomic mass is 10.0. The van der Waals surface area contributed by atoms with Gasteiger partial charge in [-0.3, -0.25) is 4.79 Å². The van der Waals surface area contributed by atoms with Crippen molar-refractivity contribution in [2.45, 2.75) is 19.8 Å². The molecule has 2 N–H and O–H groups in total. The summed E-state index contributed by atoms with van der Waals surface area (Å²) >= 11 is 0. The molecule has 0 radical (unpaired) electrons. The van der Waals surface area contributed by atoms with E-state index in [1.54, 1.807) is 6.20 Å². The van der Waals surface area contributed by atoms with Crippen LogP contribution in [0.3, 0.4) is 0 Å². The minimum atomic E-state index is -0.0574. The summed E-state index contributed by atoms with van der Waals surface area (Å²) in [5, 5.41) is 4.02. The molecule has 0 spiro atoms. The second kappa shape index (κ2) is 7.41. The lowest BCUT2D eigenvalue weighted by Crippen LogP contribution is -2.02. The molecule has 4 rings (SSSR count). The predicted molar refractivity (Wildman–Crippen MR) is 107 cm³/mol. The number of nitrogens with zero attached hydrogens (tertiary/aromatic N) is 2. The quantitative estimate of drug-likeness (QED) is 0.483. The van der Waals surface area contributed by atoms with Gasteiger partial charge in [-0.2, -0.15) is 0 Å². The molecule has 0 bridgehead atoms. The Bertz CT molecular complexity index is 1070. The molecule has 5 heteroatoms. The van der Waals surface area contributed by atoms with Crippen LogP contribution < -0.4 is 5.32 Å². The van der Waals surface area contributed by atoms with Crippen molar-refractivity contribution < 1.29 is 4.79 Å². The first-order chi connectivity index (χ1) is 13.3. The molecule has 0 aliphatic rings. The Kier molecular flexibility index (Phi) is 4.66.